The molecule has 0 radical (unpaired) electrons. The Hall–Kier alpha value is 0.628. The highest BCUT2D eigenvalue weighted by molar-refractivity contribution is 6.81. The number of hydrogen-bond acceptors (Lipinski definition) is 6. The van der Waals surface area contributed by atoms with E-state index in [2.05, 4.69) is 16.5 Å². The third kappa shape index (κ3) is 7.27. The second-order valence-electron chi connectivity index (χ2n) is 4.65. The maximum Gasteiger partial charge on any atom is 0.403 e. The summed E-state index contributed by atoms with van der Waals surface area (Å²) in [5, 5.41) is 0. The number of nitrogens with one attached hydrogen (secondary N) is 2. The lowest BCUT2D eigenvalue weighted by atomic mass is 11.6. The molecule has 0 bridgehead atoms. The van der Waals surface area contributed by atoms with Crippen molar-refractivity contribution in [3.8, 4) is 0 Å². The van der Waals surface area contributed by atoms with Crippen LogP contribution in [0.3, 0.4) is 0 Å². The lowest BCUT2D eigenvalue weighted by Gasteiger charge is -2.35. The second-order valence-corrected chi connectivity index (χ2v) is 16.1. The van der Waals surface area contributed by atoms with E-state index in [1.54, 1.807) is 7.11 Å². The molecule has 0 fully saturated rings. The molecule has 3 unspecified atom stereocenters. The van der Waals surface area contributed by atoms with Gasteiger partial charge in [0.2, 0.25) is 9.20 Å². The van der Waals surface area contributed by atoms with Gasteiger partial charge in [-0.2, -0.15) is 0 Å². The van der Waals surface area contributed by atoms with Gasteiger partial charge in [0.15, 0.2) is 0 Å². The minimum Gasteiger partial charge on any atom is -0.429 e. The zero-order chi connectivity index (χ0) is 14.4. The van der Waals surface area contributed by atoms with Crippen LogP contribution in [0, 0.1) is 0 Å². The molecular formula is C8H28N2O4Si4. The molecule has 0 spiro atoms. The molecule has 0 aromatic rings. The van der Waals surface area contributed by atoms with Gasteiger partial charge in [-0.15, -0.1) is 0 Å². The topological polar surface area (TPSA) is 61.0 Å². The molecule has 6 nitrogen and oxygen atoms in total. The highest BCUT2D eigenvalue weighted by atomic mass is 28.5. The van der Waals surface area contributed by atoms with Crippen LogP contribution in [0.1, 0.15) is 0 Å². The van der Waals surface area contributed by atoms with E-state index in [1.165, 1.54) is 0 Å². The number of hydrogen-bond donors (Lipinski definition) is 2. The SMILES string of the molecule is CN[SiH](C)O[SiH](C)O[Si](C)(NC)O[Si](C)(C)OC. The standard InChI is InChI=1S/C8H28N2O4Si4/c1-9-15(4)12-16(5)13-18(8,10-2)14-17(6,7)11-3/h9-10,15-16H,1-8H3. The Morgan fingerprint density at radius 2 is 1.61 bits per heavy atom. The van der Waals surface area contributed by atoms with Crippen LogP contribution in [0.2, 0.25) is 32.7 Å². The summed E-state index contributed by atoms with van der Waals surface area (Å²) in [6.07, 6.45) is 0. The van der Waals surface area contributed by atoms with E-state index in [0.717, 1.165) is 0 Å². The zero-order valence-electron chi connectivity index (χ0n) is 12.8. The van der Waals surface area contributed by atoms with Crippen molar-refractivity contribution >= 4 is 35.8 Å². The van der Waals surface area contributed by atoms with Gasteiger partial charge >= 0.3 is 26.6 Å². The molecule has 0 aliphatic heterocycles. The lowest BCUT2D eigenvalue weighted by Crippen LogP contribution is -2.61. The molecule has 0 aromatic heterocycles. The van der Waals surface area contributed by atoms with Gasteiger partial charge in [-0.1, -0.05) is 0 Å². The van der Waals surface area contributed by atoms with E-state index in [-0.39, 0.29) is 0 Å². The van der Waals surface area contributed by atoms with Gasteiger partial charge in [-0.25, -0.2) is 0 Å². The Bertz CT molecular complexity index is 249. The number of rotatable bonds is 9. The van der Waals surface area contributed by atoms with Crippen LogP contribution >= 0.6 is 0 Å². The van der Waals surface area contributed by atoms with Gasteiger partial charge in [-0.05, 0) is 46.8 Å². The van der Waals surface area contributed by atoms with Crippen LogP contribution in [0.4, 0.5) is 0 Å². The van der Waals surface area contributed by atoms with E-state index in [1.807, 2.05) is 40.3 Å². The molecule has 110 valence electrons. The summed E-state index contributed by atoms with van der Waals surface area (Å²) in [4.78, 5) is 6.36. The molecular weight excluding hydrogens is 300 g/mol. The normalized spacial score (nSPS) is 19.3. The van der Waals surface area contributed by atoms with E-state index < -0.39 is 35.8 Å². The predicted molar refractivity (Wildman–Crippen MR) is 83.5 cm³/mol. The molecule has 2 N–H and O–H groups in total. The molecule has 0 aliphatic carbocycles. The predicted octanol–water partition coefficient (Wildman–Crippen LogP) is 0.0925. The molecule has 0 aromatic carbocycles. The minimum atomic E-state index is -2.40. The molecule has 3 atom stereocenters. The van der Waals surface area contributed by atoms with Crippen LogP contribution < -0.4 is 9.96 Å². The van der Waals surface area contributed by atoms with E-state index >= 15 is 0 Å². The largest absolute Gasteiger partial charge is 0.429 e. The summed E-state index contributed by atoms with van der Waals surface area (Å²) >= 11 is 0. The van der Waals surface area contributed by atoms with Crippen molar-refractivity contribution in [3.05, 3.63) is 0 Å². The van der Waals surface area contributed by atoms with Crippen LogP contribution in [-0.4, -0.2) is 57.0 Å². The summed E-state index contributed by atoms with van der Waals surface area (Å²) in [7, 11) is -2.02. The van der Waals surface area contributed by atoms with Crippen molar-refractivity contribution in [1.82, 2.24) is 9.96 Å². The molecule has 0 heterocycles. The average molecular weight is 329 g/mol. The monoisotopic (exact) mass is 328 g/mol. The fraction of sp³-hybridized carbons (Fsp3) is 1.00. The highest BCUT2D eigenvalue weighted by Gasteiger charge is 2.40. The van der Waals surface area contributed by atoms with Crippen molar-refractivity contribution in [2.75, 3.05) is 21.2 Å². The summed E-state index contributed by atoms with van der Waals surface area (Å²) in [5.41, 5.74) is 0. The van der Waals surface area contributed by atoms with Crippen LogP contribution in [0.25, 0.3) is 0 Å². The van der Waals surface area contributed by atoms with Crippen LogP contribution in [-0.2, 0) is 16.8 Å². The van der Waals surface area contributed by atoms with Crippen LogP contribution in [0.15, 0.2) is 0 Å². The molecule has 0 saturated heterocycles. The molecule has 18 heavy (non-hydrogen) atoms. The first kappa shape index (κ1) is 18.6. The summed E-state index contributed by atoms with van der Waals surface area (Å²) in [5.74, 6) is 0. The van der Waals surface area contributed by atoms with Crippen molar-refractivity contribution in [3.63, 3.8) is 0 Å². The van der Waals surface area contributed by atoms with Crippen molar-refractivity contribution in [2.24, 2.45) is 0 Å². The molecule has 0 aliphatic rings. The van der Waals surface area contributed by atoms with Gasteiger partial charge in [0, 0.05) is 7.11 Å². The van der Waals surface area contributed by atoms with Gasteiger partial charge < -0.3 is 21.8 Å². The average Bonchev–Trinajstić information content (AvgIpc) is 2.27. The van der Waals surface area contributed by atoms with Gasteiger partial charge in [-0.3, -0.25) is 4.98 Å². The van der Waals surface area contributed by atoms with E-state index in [4.69, 9.17) is 16.8 Å². The van der Waals surface area contributed by atoms with Gasteiger partial charge in [0.25, 0.3) is 0 Å². The maximum absolute atomic E-state index is 6.08. The minimum absolute atomic E-state index is 1.29. The first-order valence-corrected chi connectivity index (χ1v) is 15.6. The Morgan fingerprint density at radius 3 is 2.00 bits per heavy atom. The summed E-state index contributed by atoms with van der Waals surface area (Å²) < 4.78 is 23.5. The molecule has 10 heteroatoms. The third-order valence-electron chi connectivity index (χ3n) is 2.58. The van der Waals surface area contributed by atoms with Crippen molar-refractivity contribution < 1.29 is 16.8 Å². The molecule has 0 amide bonds. The first-order chi connectivity index (χ1) is 8.18. The quantitative estimate of drug-likeness (QED) is 0.585. The highest BCUT2D eigenvalue weighted by Crippen LogP contribution is 2.15. The Labute approximate surface area is 117 Å². The summed E-state index contributed by atoms with van der Waals surface area (Å²) in [6.45, 7) is 10.2. The first-order valence-electron chi connectivity index (χ1n) is 6.13. The van der Waals surface area contributed by atoms with Crippen molar-refractivity contribution in [1.29, 1.82) is 0 Å². The van der Waals surface area contributed by atoms with Crippen molar-refractivity contribution in [2.45, 2.75) is 32.7 Å². The Morgan fingerprint density at radius 1 is 1.06 bits per heavy atom. The van der Waals surface area contributed by atoms with E-state index in [0.29, 0.717) is 0 Å². The zero-order valence-corrected chi connectivity index (χ0v) is 17.1. The van der Waals surface area contributed by atoms with Gasteiger partial charge in [0.05, 0.1) is 0 Å². The van der Waals surface area contributed by atoms with Gasteiger partial charge in [0.1, 0.15) is 0 Å². The fourth-order valence-electron chi connectivity index (χ4n) is 1.34. The Kier molecular flexibility index (Phi) is 8.32. The maximum atomic E-state index is 6.08. The van der Waals surface area contributed by atoms with Crippen LogP contribution in [0.5, 0.6) is 0 Å². The lowest BCUT2D eigenvalue weighted by molar-refractivity contribution is 0.262. The summed E-state index contributed by atoms with van der Waals surface area (Å²) in [6, 6.07) is 0. The molecule has 0 rings (SSSR count). The molecule has 0 saturated carbocycles. The van der Waals surface area contributed by atoms with E-state index in [9.17, 15) is 0 Å². The third-order valence-corrected chi connectivity index (χ3v) is 15.1. The fourth-order valence-corrected chi connectivity index (χ4v) is 13.0. The Balaban J connectivity index is 4.47. The smallest absolute Gasteiger partial charge is 0.403 e. The second kappa shape index (κ2) is 8.04.